The van der Waals surface area contributed by atoms with Crippen LogP contribution in [0.15, 0.2) is 0 Å². The van der Waals surface area contributed by atoms with Crippen LogP contribution in [-0.4, -0.2) is 31.7 Å². The summed E-state index contributed by atoms with van der Waals surface area (Å²) in [6.45, 7) is 2.58. The van der Waals surface area contributed by atoms with Crippen LogP contribution in [0.5, 0.6) is 0 Å². The molecule has 0 heterocycles. The molecule has 0 bridgehead atoms. The summed E-state index contributed by atoms with van der Waals surface area (Å²) >= 11 is 0. The minimum absolute atomic E-state index is 0.0294. The normalized spacial score (nSPS) is 28.3. The lowest BCUT2D eigenvalue weighted by atomic mass is 9.93. The molecule has 0 aromatic heterocycles. The van der Waals surface area contributed by atoms with Gasteiger partial charge in [-0.05, 0) is 32.2 Å². The van der Waals surface area contributed by atoms with Crippen LogP contribution in [0.4, 0.5) is 8.78 Å². The molecule has 0 aromatic rings. The number of halogens is 2. The Morgan fingerprint density at radius 3 is 2.86 bits per heavy atom. The first kappa shape index (κ1) is 11.9. The minimum atomic E-state index is -2.34. The first-order valence-corrected chi connectivity index (χ1v) is 5.35. The maximum Gasteiger partial charge on any atom is 0.261 e. The third-order valence-corrected chi connectivity index (χ3v) is 2.58. The monoisotopic (exact) mass is 207 g/mol. The summed E-state index contributed by atoms with van der Waals surface area (Å²) < 4.78 is 28.9. The van der Waals surface area contributed by atoms with Crippen molar-refractivity contribution in [2.75, 3.05) is 13.2 Å². The molecule has 1 fully saturated rings. The second kappa shape index (κ2) is 6.30. The van der Waals surface area contributed by atoms with Crippen molar-refractivity contribution in [3.05, 3.63) is 0 Å². The third kappa shape index (κ3) is 4.33. The van der Waals surface area contributed by atoms with Gasteiger partial charge in [0.2, 0.25) is 0 Å². The quantitative estimate of drug-likeness (QED) is 0.746. The van der Waals surface area contributed by atoms with Gasteiger partial charge in [-0.1, -0.05) is 6.92 Å². The predicted molar refractivity (Wildman–Crippen MR) is 51.7 cm³/mol. The standard InChI is InChI=1S/C10H19F2NO/c1-2-13-8-4-3-5-9(6-8)14-7-10(11)12/h8-10,13H,2-7H2,1H3. The molecule has 0 radical (unpaired) electrons. The van der Waals surface area contributed by atoms with E-state index in [0.717, 1.165) is 32.2 Å². The molecule has 0 amide bonds. The molecule has 1 saturated carbocycles. The fourth-order valence-electron chi connectivity index (χ4n) is 1.98. The maximum absolute atomic E-state index is 11.9. The Morgan fingerprint density at radius 1 is 1.43 bits per heavy atom. The molecule has 1 aliphatic carbocycles. The highest BCUT2D eigenvalue weighted by Crippen LogP contribution is 2.21. The van der Waals surface area contributed by atoms with Crippen LogP contribution in [0.25, 0.3) is 0 Å². The van der Waals surface area contributed by atoms with Crippen molar-refractivity contribution < 1.29 is 13.5 Å². The number of alkyl halides is 2. The van der Waals surface area contributed by atoms with Gasteiger partial charge in [-0.15, -0.1) is 0 Å². The topological polar surface area (TPSA) is 21.3 Å². The van der Waals surface area contributed by atoms with Crippen LogP contribution in [0.1, 0.15) is 32.6 Å². The van der Waals surface area contributed by atoms with Crippen molar-refractivity contribution in [1.29, 1.82) is 0 Å². The molecule has 0 spiro atoms. The molecule has 1 N–H and O–H groups in total. The van der Waals surface area contributed by atoms with Crippen LogP contribution >= 0.6 is 0 Å². The summed E-state index contributed by atoms with van der Waals surface area (Å²) in [5.74, 6) is 0. The van der Waals surface area contributed by atoms with Crippen molar-refractivity contribution in [1.82, 2.24) is 5.32 Å². The predicted octanol–water partition coefficient (Wildman–Crippen LogP) is 2.19. The number of rotatable bonds is 5. The lowest BCUT2D eigenvalue weighted by Gasteiger charge is -2.29. The summed E-state index contributed by atoms with van der Waals surface area (Å²) in [4.78, 5) is 0. The van der Waals surface area contributed by atoms with Gasteiger partial charge in [0, 0.05) is 6.04 Å². The average Bonchev–Trinajstić information content (AvgIpc) is 2.16. The second-order valence-electron chi connectivity index (χ2n) is 3.77. The Morgan fingerprint density at radius 2 is 2.21 bits per heavy atom. The Hall–Kier alpha value is -0.220. The Bertz CT molecular complexity index is 153. The van der Waals surface area contributed by atoms with Gasteiger partial charge in [0.25, 0.3) is 6.43 Å². The summed E-state index contributed by atoms with van der Waals surface area (Å²) in [6, 6.07) is 0.455. The Labute approximate surface area is 84.0 Å². The van der Waals surface area contributed by atoms with E-state index in [1.165, 1.54) is 0 Å². The van der Waals surface area contributed by atoms with Gasteiger partial charge >= 0.3 is 0 Å². The van der Waals surface area contributed by atoms with E-state index in [4.69, 9.17) is 4.74 Å². The highest BCUT2D eigenvalue weighted by molar-refractivity contribution is 4.77. The first-order valence-electron chi connectivity index (χ1n) is 5.35. The summed E-state index contributed by atoms with van der Waals surface area (Å²) in [7, 11) is 0. The van der Waals surface area contributed by atoms with Crippen molar-refractivity contribution in [3.63, 3.8) is 0 Å². The van der Waals surface area contributed by atoms with Gasteiger partial charge in [-0.3, -0.25) is 0 Å². The third-order valence-electron chi connectivity index (χ3n) is 2.58. The van der Waals surface area contributed by atoms with Crippen molar-refractivity contribution in [2.45, 2.75) is 51.2 Å². The van der Waals surface area contributed by atoms with Gasteiger partial charge < -0.3 is 10.1 Å². The molecule has 2 unspecified atom stereocenters. The summed E-state index contributed by atoms with van der Waals surface area (Å²) in [6.07, 6.45) is 1.71. The molecular formula is C10H19F2NO. The zero-order chi connectivity index (χ0) is 10.4. The largest absolute Gasteiger partial charge is 0.372 e. The van der Waals surface area contributed by atoms with Crippen LogP contribution < -0.4 is 5.32 Å². The van der Waals surface area contributed by atoms with Crippen LogP contribution in [0, 0.1) is 0 Å². The van der Waals surface area contributed by atoms with E-state index in [-0.39, 0.29) is 6.10 Å². The maximum atomic E-state index is 11.9. The highest BCUT2D eigenvalue weighted by atomic mass is 19.3. The molecule has 14 heavy (non-hydrogen) atoms. The summed E-state index contributed by atoms with van der Waals surface area (Å²) in [5.41, 5.74) is 0. The molecule has 2 atom stereocenters. The molecule has 0 aromatic carbocycles. The second-order valence-corrected chi connectivity index (χ2v) is 3.77. The van der Waals surface area contributed by atoms with Gasteiger partial charge in [0.15, 0.2) is 0 Å². The van der Waals surface area contributed by atoms with Crippen LogP contribution in [0.2, 0.25) is 0 Å². The van der Waals surface area contributed by atoms with Crippen LogP contribution in [0.3, 0.4) is 0 Å². The molecule has 0 aliphatic heterocycles. The van der Waals surface area contributed by atoms with Gasteiger partial charge in [-0.25, -0.2) is 8.78 Å². The van der Waals surface area contributed by atoms with E-state index >= 15 is 0 Å². The van der Waals surface area contributed by atoms with E-state index in [9.17, 15) is 8.78 Å². The van der Waals surface area contributed by atoms with E-state index in [2.05, 4.69) is 12.2 Å². The molecule has 0 saturated heterocycles. The zero-order valence-electron chi connectivity index (χ0n) is 8.64. The molecule has 4 heteroatoms. The van der Waals surface area contributed by atoms with E-state index in [1.54, 1.807) is 0 Å². The van der Waals surface area contributed by atoms with Crippen molar-refractivity contribution >= 4 is 0 Å². The first-order chi connectivity index (χ1) is 6.72. The molecule has 1 aliphatic rings. The Kier molecular flexibility index (Phi) is 5.33. The van der Waals surface area contributed by atoms with E-state index < -0.39 is 13.0 Å². The number of hydrogen-bond donors (Lipinski definition) is 1. The smallest absolute Gasteiger partial charge is 0.261 e. The molecule has 2 nitrogen and oxygen atoms in total. The minimum Gasteiger partial charge on any atom is -0.372 e. The molecule has 84 valence electrons. The zero-order valence-corrected chi connectivity index (χ0v) is 8.64. The van der Waals surface area contributed by atoms with E-state index in [1.807, 2.05) is 0 Å². The summed E-state index contributed by atoms with van der Waals surface area (Å²) in [5, 5.41) is 3.33. The number of ether oxygens (including phenoxy) is 1. The highest BCUT2D eigenvalue weighted by Gasteiger charge is 2.22. The molecule has 1 rings (SSSR count). The molecular weight excluding hydrogens is 188 g/mol. The van der Waals surface area contributed by atoms with Crippen molar-refractivity contribution in [2.24, 2.45) is 0 Å². The SMILES string of the molecule is CCNC1CCCC(OCC(F)F)C1. The van der Waals surface area contributed by atoms with E-state index in [0.29, 0.717) is 6.04 Å². The number of hydrogen-bond acceptors (Lipinski definition) is 2. The van der Waals surface area contributed by atoms with Gasteiger partial charge in [0.05, 0.1) is 6.10 Å². The van der Waals surface area contributed by atoms with Crippen LogP contribution in [-0.2, 0) is 4.74 Å². The lowest BCUT2D eigenvalue weighted by molar-refractivity contribution is -0.0408. The average molecular weight is 207 g/mol. The van der Waals surface area contributed by atoms with Gasteiger partial charge in [-0.2, -0.15) is 0 Å². The fourth-order valence-corrected chi connectivity index (χ4v) is 1.98. The Balaban J connectivity index is 2.18. The lowest BCUT2D eigenvalue weighted by Crippen LogP contribution is -2.37. The van der Waals surface area contributed by atoms with Gasteiger partial charge in [0.1, 0.15) is 6.61 Å². The van der Waals surface area contributed by atoms with Crippen molar-refractivity contribution in [3.8, 4) is 0 Å². The fraction of sp³-hybridized carbons (Fsp3) is 1.00. The number of nitrogens with one attached hydrogen (secondary N) is 1.